The highest BCUT2D eigenvalue weighted by atomic mass is 19.1. The van der Waals surface area contributed by atoms with E-state index < -0.39 is 35.3 Å². The summed E-state index contributed by atoms with van der Waals surface area (Å²) >= 11 is 0. The number of nitrogens with one attached hydrogen (secondary N) is 1. The lowest BCUT2D eigenvalue weighted by Gasteiger charge is -2.58. The van der Waals surface area contributed by atoms with Crippen molar-refractivity contribution < 1.29 is 23.8 Å². The van der Waals surface area contributed by atoms with Crippen molar-refractivity contribution >= 4 is 17.6 Å². The van der Waals surface area contributed by atoms with Gasteiger partial charge in [-0.15, -0.1) is 0 Å². The maximum atomic E-state index is 13.5. The maximum absolute atomic E-state index is 13.5. The summed E-state index contributed by atoms with van der Waals surface area (Å²) in [6.45, 7) is -0.442. The number of amides is 1. The van der Waals surface area contributed by atoms with Crippen molar-refractivity contribution in [1.29, 1.82) is 0 Å². The minimum Gasteiger partial charge on any atom is -0.455 e. The summed E-state index contributed by atoms with van der Waals surface area (Å²) in [5, 5.41) is 13.1. The minimum absolute atomic E-state index is 0.0627. The molecule has 5 rings (SSSR count). The molecule has 2 unspecified atom stereocenters. The zero-order chi connectivity index (χ0) is 17.7. The quantitative estimate of drug-likeness (QED) is 0.821. The molecule has 4 saturated carbocycles. The second kappa shape index (κ2) is 5.80. The molecule has 1 amide bonds. The number of para-hydroxylation sites is 1. The van der Waals surface area contributed by atoms with E-state index in [1.807, 2.05) is 0 Å². The van der Waals surface area contributed by atoms with Gasteiger partial charge in [-0.3, -0.25) is 9.59 Å². The average molecular weight is 347 g/mol. The van der Waals surface area contributed by atoms with E-state index in [1.54, 1.807) is 6.07 Å². The number of benzene rings is 1. The fourth-order valence-electron chi connectivity index (χ4n) is 5.49. The Labute approximate surface area is 145 Å². The highest BCUT2D eigenvalue weighted by molar-refractivity contribution is 5.93. The molecule has 6 heteroatoms. The Morgan fingerprint density at radius 1 is 1.20 bits per heavy atom. The molecule has 4 aliphatic carbocycles. The first-order chi connectivity index (χ1) is 11.9. The molecule has 4 aliphatic rings. The number of aliphatic hydroxyl groups is 1. The molecule has 4 bridgehead atoms. The molecule has 0 spiro atoms. The molecule has 2 N–H and O–H groups in total. The van der Waals surface area contributed by atoms with E-state index in [9.17, 15) is 19.1 Å². The van der Waals surface area contributed by atoms with E-state index in [4.69, 9.17) is 4.74 Å². The Morgan fingerprint density at radius 2 is 1.88 bits per heavy atom. The van der Waals surface area contributed by atoms with E-state index in [0.717, 1.165) is 32.1 Å². The van der Waals surface area contributed by atoms with E-state index in [1.165, 1.54) is 18.2 Å². The standard InChI is InChI=1S/C19H22FNO4/c20-14-3-1-2-4-15(14)21-16(22)10-25-17(23)18-6-12-5-13(7-18)9-19(24,8-12)11-18/h1-4,12-13,24H,5-11H2,(H,21,22). The van der Waals surface area contributed by atoms with Crippen molar-refractivity contribution in [3.8, 4) is 0 Å². The number of halogens is 1. The Bertz CT molecular complexity index is 705. The predicted molar refractivity (Wildman–Crippen MR) is 88.1 cm³/mol. The third kappa shape index (κ3) is 3.03. The largest absolute Gasteiger partial charge is 0.455 e. The second-order valence-corrected chi connectivity index (χ2v) is 8.07. The van der Waals surface area contributed by atoms with Gasteiger partial charge in [0.05, 0.1) is 16.7 Å². The molecule has 5 nitrogen and oxygen atoms in total. The molecule has 0 radical (unpaired) electrons. The van der Waals surface area contributed by atoms with Gasteiger partial charge in [0.2, 0.25) is 0 Å². The van der Waals surface area contributed by atoms with E-state index >= 15 is 0 Å². The molecule has 134 valence electrons. The van der Waals surface area contributed by atoms with Crippen LogP contribution in [0.5, 0.6) is 0 Å². The Kier molecular flexibility index (Phi) is 3.83. The number of rotatable bonds is 4. The van der Waals surface area contributed by atoms with Gasteiger partial charge in [-0.25, -0.2) is 4.39 Å². The average Bonchev–Trinajstić information content (AvgIpc) is 2.52. The van der Waals surface area contributed by atoms with Crippen molar-refractivity contribution in [3.05, 3.63) is 30.1 Å². The number of anilines is 1. The van der Waals surface area contributed by atoms with Crippen molar-refractivity contribution in [2.75, 3.05) is 11.9 Å². The van der Waals surface area contributed by atoms with Gasteiger partial charge in [0.1, 0.15) is 5.82 Å². The lowest BCUT2D eigenvalue weighted by molar-refractivity contribution is -0.196. The molecule has 4 fully saturated rings. The topological polar surface area (TPSA) is 75.6 Å². The fourth-order valence-corrected chi connectivity index (χ4v) is 5.49. The first kappa shape index (κ1) is 16.5. The zero-order valence-electron chi connectivity index (χ0n) is 14.0. The number of carbonyl (C=O) groups is 2. The Balaban J connectivity index is 1.38. The van der Waals surface area contributed by atoms with Crippen LogP contribution in [0.4, 0.5) is 10.1 Å². The van der Waals surface area contributed by atoms with Gasteiger partial charge < -0.3 is 15.2 Å². The number of carbonyl (C=O) groups excluding carboxylic acids is 2. The normalized spacial score (nSPS) is 35.4. The molecular weight excluding hydrogens is 325 g/mol. The van der Waals surface area contributed by atoms with Crippen LogP contribution in [0.15, 0.2) is 24.3 Å². The number of hydrogen-bond donors (Lipinski definition) is 2. The van der Waals surface area contributed by atoms with Crippen LogP contribution < -0.4 is 5.32 Å². The molecule has 25 heavy (non-hydrogen) atoms. The van der Waals surface area contributed by atoms with Crippen LogP contribution in [-0.4, -0.2) is 29.2 Å². The first-order valence-corrected chi connectivity index (χ1v) is 8.82. The molecule has 0 aliphatic heterocycles. The van der Waals surface area contributed by atoms with Crippen molar-refractivity contribution in [2.45, 2.75) is 44.1 Å². The van der Waals surface area contributed by atoms with Gasteiger partial charge in [0.15, 0.2) is 6.61 Å². The fraction of sp³-hybridized carbons (Fsp3) is 0.579. The summed E-state index contributed by atoms with van der Waals surface area (Å²) in [6, 6.07) is 5.84. The third-order valence-corrected chi connectivity index (χ3v) is 5.95. The molecule has 0 saturated heterocycles. The Morgan fingerprint density at radius 3 is 2.52 bits per heavy atom. The summed E-state index contributed by atoms with van der Waals surface area (Å²) in [6.07, 6.45) is 4.52. The number of esters is 1. The number of ether oxygens (including phenoxy) is 1. The summed E-state index contributed by atoms with van der Waals surface area (Å²) in [5.74, 6) is -0.770. The van der Waals surface area contributed by atoms with Crippen LogP contribution in [0.3, 0.4) is 0 Å². The molecule has 2 atom stereocenters. The van der Waals surface area contributed by atoms with Crippen LogP contribution in [-0.2, 0) is 14.3 Å². The van der Waals surface area contributed by atoms with Crippen LogP contribution in [0.1, 0.15) is 38.5 Å². The van der Waals surface area contributed by atoms with Crippen molar-refractivity contribution in [3.63, 3.8) is 0 Å². The van der Waals surface area contributed by atoms with E-state index in [0.29, 0.717) is 18.3 Å². The van der Waals surface area contributed by atoms with Crippen molar-refractivity contribution in [2.24, 2.45) is 17.3 Å². The van der Waals surface area contributed by atoms with Gasteiger partial charge in [0.25, 0.3) is 5.91 Å². The van der Waals surface area contributed by atoms with Crippen LogP contribution >= 0.6 is 0 Å². The van der Waals surface area contributed by atoms with E-state index in [-0.39, 0.29) is 5.69 Å². The van der Waals surface area contributed by atoms with Gasteiger partial charge in [-0.2, -0.15) is 0 Å². The van der Waals surface area contributed by atoms with Gasteiger partial charge in [-0.1, -0.05) is 12.1 Å². The van der Waals surface area contributed by atoms with Gasteiger partial charge in [0, 0.05) is 0 Å². The maximum Gasteiger partial charge on any atom is 0.312 e. The van der Waals surface area contributed by atoms with Crippen LogP contribution in [0, 0.1) is 23.1 Å². The first-order valence-electron chi connectivity index (χ1n) is 8.82. The summed E-state index contributed by atoms with van der Waals surface area (Å²) < 4.78 is 18.8. The molecule has 0 heterocycles. The van der Waals surface area contributed by atoms with E-state index in [2.05, 4.69) is 5.32 Å². The minimum atomic E-state index is -0.751. The highest BCUT2D eigenvalue weighted by Gasteiger charge is 2.60. The monoisotopic (exact) mass is 347 g/mol. The predicted octanol–water partition coefficient (Wildman–Crippen LogP) is 2.64. The smallest absolute Gasteiger partial charge is 0.312 e. The lowest BCUT2D eigenvalue weighted by atomic mass is 9.48. The van der Waals surface area contributed by atoms with Crippen molar-refractivity contribution in [1.82, 2.24) is 0 Å². The van der Waals surface area contributed by atoms with Gasteiger partial charge >= 0.3 is 5.97 Å². The molecule has 1 aromatic carbocycles. The summed E-state index contributed by atoms with van der Waals surface area (Å²) in [5.41, 5.74) is -1.34. The lowest BCUT2D eigenvalue weighted by Crippen LogP contribution is -2.58. The SMILES string of the molecule is O=C(COC(=O)C12CC3CC(CC(O)(C3)C1)C2)Nc1ccccc1F. The number of hydrogen-bond acceptors (Lipinski definition) is 4. The summed E-state index contributed by atoms with van der Waals surface area (Å²) in [7, 11) is 0. The molecular formula is C19H22FNO4. The Hall–Kier alpha value is -1.95. The van der Waals surface area contributed by atoms with Crippen LogP contribution in [0.25, 0.3) is 0 Å². The highest BCUT2D eigenvalue weighted by Crippen LogP contribution is 2.61. The zero-order valence-corrected chi connectivity index (χ0v) is 14.0. The molecule has 1 aromatic rings. The van der Waals surface area contributed by atoms with Gasteiger partial charge in [-0.05, 0) is 62.5 Å². The molecule has 0 aromatic heterocycles. The second-order valence-electron chi connectivity index (χ2n) is 8.07. The summed E-state index contributed by atoms with van der Waals surface area (Å²) in [4.78, 5) is 24.6. The third-order valence-electron chi connectivity index (χ3n) is 5.95. The van der Waals surface area contributed by atoms with Crippen LogP contribution in [0.2, 0.25) is 0 Å².